The summed E-state index contributed by atoms with van der Waals surface area (Å²) in [7, 11) is 2.93. The molecule has 1 aromatic rings. The fourth-order valence-electron chi connectivity index (χ4n) is 1.63. The van der Waals surface area contributed by atoms with E-state index in [0.717, 1.165) is 12.1 Å². The van der Waals surface area contributed by atoms with Crippen molar-refractivity contribution in [2.45, 2.75) is 0 Å². The van der Waals surface area contributed by atoms with Crippen molar-refractivity contribution in [3.63, 3.8) is 0 Å². The van der Waals surface area contributed by atoms with Gasteiger partial charge in [0.2, 0.25) is 0 Å². The quantitative estimate of drug-likeness (QED) is 0.763. The molecule has 0 bridgehead atoms. The van der Waals surface area contributed by atoms with Crippen LogP contribution in [0.2, 0.25) is 0 Å². The molecule has 0 heterocycles. The van der Waals surface area contributed by atoms with Crippen LogP contribution < -0.4 is 5.32 Å². The molecule has 1 aromatic carbocycles. The summed E-state index contributed by atoms with van der Waals surface area (Å²) in [6.45, 7) is 0.872. The van der Waals surface area contributed by atoms with Gasteiger partial charge in [0.05, 0.1) is 18.9 Å². The highest BCUT2D eigenvalue weighted by Gasteiger charge is 2.22. The molecule has 6 nitrogen and oxygen atoms in total. The highest BCUT2D eigenvalue weighted by molar-refractivity contribution is 6.39. The molecule has 0 radical (unpaired) electrons. The third kappa shape index (κ3) is 5.38. The highest BCUT2D eigenvalue weighted by Crippen LogP contribution is 2.14. The van der Waals surface area contributed by atoms with Crippen LogP contribution in [0.3, 0.4) is 0 Å². The fraction of sp³-hybridized carbons (Fsp3) is 0.429. The minimum absolute atomic E-state index is 0.192. The molecule has 0 unspecified atom stereocenters. The molecular weight excluding hydrogens is 298 g/mol. The lowest BCUT2D eigenvalue weighted by Crippen LogP contribution is -2.43. The molecule has 0 saturated heterocycles. The largest absolute Gasteiger partial charge is 0.383 e. The predicted octanol–water partition coefficient (Wildman–Crippen LogP) is 1.02. The molecular formula is C14H18F2N2O4. The minimum Gasteiger partial charge on any atom is -0.383 e. The van der Waals surface area contributed by atoms with Gasteiger partial charge in [0.15, 0.2) is 0 Å². The van der Waals surface area contributed by atoms with E-state index in [1.807, 2.05) is 0 Å². The molecule has 122 valence electrons. The van der Waals surface area contributed by atoms with Gasteiger partial charge in [-0.1, -0.05) is 0 Å². The molecule has 1 rings (SSSR count). The summed E-state index contributed by atoms with van der Waals surface area (Å²) in [5.74, 6) is -3.60. The molecule has 2 amide bonds. The fourth-order valence-corrected chi connectivity index (χ4v) is 1.63. The monoisotopic (exact) mass is 316 g/mol. The van der Waals surface area contributed by atoms with Crippen LogP contribution in [0.4, 0.5) is 14.5 Å². The Labute approximate surface area is 127 Å². The molecule has 0 aliphatic rings. The van der Waals surface area contributed by atoms with Crippen molar-refractivity contribution in [3.05, 3.63) is 29.8 Å². The van der Waals surface area contributed by atoms with Crippen molar-refractivity contribution in [2.24, 2.45) is 0 Å². The van der Waals surface area contributed by atoms with Gasteiger partial charge in [-0.2, -0.15) is 0 Å². The lowest BCUT2D eigenvalue weighted by atomic mass is 10.3. The Kier molecular flexibility index (Phi) is 7.41. The van der Waals surface area contributed by atoms with Crippen LogP contribution in [0.25, 0.3) is 0 Å². The van der Waals surface area contributed by atoms with Gasteiger partial charge in [-0.3, -0.25) is 9.59 Å². The molecule has 0 atom stereocenters. The number of carbonyl (C=O) groups is 2. The second kappa shape index (κ2) is 9.06. The smallest absolute Gasteiger partial charge is 0.313 e. The zero-order chi connectivity index (χ0) is 16.5. The van der Waals surface area contributed by atoms with E-state index < -0.39 is 23.4 Å². The summed E-state index contributed by atoms with van der Waals surface area (Å²) in [4.78, 5) is 25.1. The van der Waals surface area contributed by atoms with Gasteiger partial charge < -0.3 is 19.7 Å². The van der Waals surface area contributed by atoms with E-state index in [1.54, 1.807) is 0 Å². The lowest BCUT2D eigenvalue weighted by molar-refractivity contribution is -0.144. The van der Waals surface area contributed by atoms with Crippen molar-refractivity contribution in [3.8, 4) is 0 Å². The number of hydrogen-bond acceptors (Lipinski definition) is 4. The second-order valence-electron chi connectivity index (χ2n) is 4.36. The molecule has 0 aliphatic heterocycles. The van der Waals surface area contributed by atoms with Gasteiger partial charge in [0.25, 0.3) is 0 Å². The highest BCUT2D eigenvalue weighted by atomic mass is 19.1. The Morgan fingerprint density at radius 1 is 1.14 bits per heavy atom. The number of anilines is 1. The Bertz CT molecular complexity index is 518. The normalized spacial score (nSPS) is 10.4. The SMILES string of the molecule is COCCN(CCOC)C(=O)C(=O)Nc1ccc(F)cc1F. The zero-order valence-electron chi connectivity index (χ0n) is 12.4. The van der Waals surface area contributed by atoms with Crippen molar-refractivity contribution < 1.29 is 27.8 Å². The van der Waals surface area contributed by atoms with Crippen LogP contribution in [0.5, 0.6) is 0 Å². The van der Waals surface area contributed by atoms with Crippen molar-refractivity contribution in [1.29, 1.82) is 0 Å². The average molecular weight is 316 g/mol. The first-order chi connectivity index (χ1) is 10.5. The van der Waals surface area contributed by atoms with Gasteiger partial charge in [-0.25, -0.2) is 8.78 Å². The van der Waals surface area contributed by atoms with Crippen molar-refractivity contribution in [2.75, 3.05) is 45.8 Å². The molecule has 1 N–H and O–H groups in total. The number of benzene rings is 1. The topological polar surface area (TPSA) is 67.9 Å². The number of nitrogens with one attached hydrogen (secondary N) is 1. The van der Waals surface area contributed by atoms with E-state index in [1.165, 1.54) is 19.1 Å². The molecule has 0 aromatic heterocycles. The minimum atomic E-state index is -1.02. The summed E-state index contributed by atoms with van der Waals surface area (Å²) in [6.07, 6.45) is 0. The van der Waals surface area contributed by atoms with E-state index >= 15 is 0 Å². The van der Waals surface area contributed by atoms with E-state index in [4.69, 9.17) is 9.47 Å². The maximum Gasteiger partial charge on any atom is 0.313 e. The Morgan fingerprint density at radius 2 is 1.73 bits per heavy atom. The first-order valence-electron chi connectivity index (χ1n) is 6.52. The molecule has 0 saturated carbocycles. The van der Waals surface area contributed by atoms with Crippen LogP contribution >= 0.6 is 0 Å². The van der Waals surface area contributed by atoms with Crippen LogP contribution in [0.1, 0.15) is 0 Å². The number of hydrogen-bond donors (Lipinski definition) is 1. The molecule has 0 aliphatic carbocycles. The maximum atomic E-state index is 13.5. The van der Waals surface area contributed by atoms with Gasteiger partial charge in [0.1, 0.15) is 11.6 Å². The van der Waals surface area contributed by atoms with Crippen molar-refractivity contribution >= 4 is 17.5 Å². The van der Waals surface area contributed by atoms with Crippen LogP contribution in [0, 0.1) is 11.6 Å². The molecule has 0 fully saturated rings. The molecule has 8 heteroatoms. The van der Waals surface area contributed by atoms with E-state index in [2.05, 4.69) is 5.32 Å². The lowest BCUT2D eigenvalue weighted by Gasteiger charge is -2.21. The number of rotatable bonds is 7. The van der Waals surface area contributed by atoms with Crippen molar-refractivity contribution in [1.82, 2.24) is 4.90 Å². The summed E-state index contributed by atoms with van der Waals surface area (Å²) >= 11 is 0. The maximum absolute atomic E-state index is 13.5. The second-order valence-corrected chi connectivity index (χ2v) is 4.36. The third-order valence-electron chi connectivity index (χ3n) is 2.79. The summed E-state index contributed by atoms with van der Waals surface area (Å²) in [6, 6.07) is 2.65. The van der Waals surface area contributed by atoms with Gasteiger partial charge in [-0.05, 0) is 12.1 Å². The van der Waals surface area contributed by atoms with E-state index in [0.29, 0.717) is 6.07 Å². The summed E-state index contributed by atoms with van der Waals surface area (Å²) in [5.41, 5.74) is -0.266. The third-order valence-corrected chi connectivity index (χ3v) is 2.79. The molecule has 0 spiro atoms. The zero-order valence-corrected chi connectivity index (χ0v) is 12.4. The standard InChI is InChI=1S/C14H18F2N2O4/c1-21-7-5-18(6-8-22-2)14(20)13(19)17-12-4-3-10(15)9-11(12)16/h3-4,9H,5-8H2,1-2H3,(H,17,19). The summed E-state index contributed by atoms with van der Waals surface area (Å²) in [5, 5.41) is 2.12. The Balaban J connectivity index is 2.73. The van der Waals surface area contributed by atoms with Gasteiger partial charge in [0, 0.05) is 33.4 Å². The number of carbonyl (C=O) groups excluding carboxylic acids is 2. The van der Waals surface area contributed by atoms with Gasteiger partial charge in [-0.15, -0.1) is 0 Å². The predicted molar refractivity (Wildman–Crippen MR) is 75.3 cm³/mol. The molecule has 22 heavy (non-hydrogen) atoms. The number of methoxy groups -OCH3 is 2. The Hall–Kier alpha value is -2.06. The first-order valence-corrected chi connectivity index (χ1v) is 6.52. The first kappa shape index (κ1) is 18.0. The number of nitrogens with zero attached hydrogens (tertiary/aromatic N) is 1. The average Bonchev–Trinajstić information content (AvgIpc) is 2.49. The summed E-state index contributed by atoms with van der Waals surface area (Å²) < 4.78 is 36.0. The number of amides is 2. The number of ether oxygens (including phenoxy) is 2. The van der Waals surface area contributed by atoms with Gasteiger partial charge >= 0.3 is 11.8 Å². The van der Waals surface area contributed by atoms with Crippen LogP contribution in [0.15, 0.2) is 18.2 Å². The number of halogens is 2. The van der Waals surface area contributed by atoms with Crippen LogP contribution in [-0.2, 0) is 19.1 Å². The van der Waals surface area contributed by atoms with E-state index in [9.17, 15) is 18.4 Å². The van der Waals surface area contributed by atoms with E-state index in [-0.39, 0.29) is 32.0 Å². The van der Waals surface area contributed by atoms with Crippen LogP contribution in [-0.4, -0.2) is 57.2 Å². The Morgan fingerprint density at radius 3 is 2.23 bits per heavy atom.